The molecule has 3 heterocycles. The zero-order valence-corrected chi connectivity index (χ0v) is 18.9. The van der Waals surface area contributed by atoms with Crippen molar-refractivity contribution in [2.75, 3.05) is 10.5 Å². The highest BCUT2D eigenvalue weighted by molar-refractivity contribution is 7.92. The maximum absolute atomic E-state index is 15.1. The highest BCUT2D eigenvalue weighted by atomic mass is 32.2. The second kappa shape index (κ2) is 8.39. The number of halogens is 2. The van der Waals surface area contributed by atoms with Gasteiger partial charge in [-0.2, -0.15) is 0 Å². The van der Waals surface area contributed by atoms with E-state index in [1.54, 1.807) is 25.4 Å². The number of rotatable bonds is 7. The maximum Gasteiger partial charge on any atom is 0.232 e. The van der Waals surface area contributed by atoms with Gasteiger partial charge in [0.25, 0.3) is 0 Å². The quantitative estimate of drug-likeness (QED) is 0.395. The fourth-order valence-corrected chi connectivity index (χ4v) is 4.67. The summed E-state index contributed by atoms with van der Waals surface area (Å²) in [4.78, 5) is 24.7. The Morgan fingerprint density at radius 2 is 1.97 bits per heavy atom. The minimum absolute atomic E-state index is 0.00311. The van der Waals surface area contributed by atoms with Crippen molar-refractivity contribution in [1.82, 2.24) is 19.5 Å². The number of H-pyrrole nitrogens is 1. The lowest BCUT2D eigenvalue weighted by Crippen LogP contribution is -2.18. The predicted octanol–water partition coefficient (Wildman–Crippen LogP) is 3.93. The number of hydrogen-bond acceptors (Lipinski definition) is 5. The van der Waals surface area contributed by atoms with Crippen LogP contribution in [-0.2, 0) is 17.1 Å². The number of anilines is 1. The predicted molar refractivity (Wildman–Crippen MR) is 121 cm³/mol. The Balaban J connectivity index is 1.80. The van der Waals surface area contributed by atoms with Gasteiger partial charge in [-0.15, -0.1) is 0 Å². The van der Waals surface area contributed by atoms with Crippen molar-refractivity contribution in [3.05, 3.63) is 65.2 Å². The number of fused-ring (bicyclic) bond motifs is 1. The van der Waals surface area contributed by atoms with Gasteiger partial charge in [-0.25, -0.2) is 27.2 Å². The van der Waals surface area contributed by atoms with E-state index in [4.69, 9.17) is 0 Å². The molecule has 8 nitrogen and oxygen atoms in total. The van der Waals surface area contributed by atoms with E-state index in [0.717, 1.165) is 17.8 Å². The minimum Gasteiger partial charge on any atom is -0.345 e. The van der Waals surface area contributed by atoms with Crippen LogP contribution in [0.25, 0.3) is 22.4 Å². The van der Waals surface area contributed by atoms with E-state index in [9.17, 15) is 17.6 Å². The third-order valence-corrected chi connectivity index (χ3v) is 6.79. The summed E-state index contributed by atoms with van der Waals surface area (Å²) >= 11 is 0. The summed E-state index contributed by atoms with van der Waals surface area (Å²) in [6, 6.07) is 3.47. The number of nitrogens with zero attached hydrogens (tertiary/aromatic N) is 3. The standard InChI is InChI=1S/C22H21F2N5O3S/c1-4-7-33(31,32)28-17-6-5-16(23)18(19(17)24)20(30)15-11-26-21-14(15)8-13(10-25-21)22-27-9-12(2)29(22)3/h5-6,8-11,28H,4,7H2,1-3H3,(H,25,26). The van der Waals surface area contributed by atoms with Gasteiger partial charge in [-0.3, -0.25) is 9.52 Å². The number of ketones is 1. The van der Waals surface area contributed by atoms with Crippen LogP contribution in [0.5, 0.6) is 0 Å². The second-order valence-corrected chi connectivity index (χ2v) is 9.48. The van der Waals surface area contributed by atoms with Crippen molar-refractivity contribution in [3.8, 4) is 11.4 Å². The van der Waals surface area contributed by atoms with Crippen LogP contribution in [0.2, 0.25) is 0 Å². The van der Waals surface area contributed by atoms with E-state index in [-0.39, 0.29) is 11.3 Å². The molecule has 172 valence electrons. The number of pyridine rings is 1. The molecule has 4 aromatic rings. The average Bonchev–Trinajstić information content (AvgIpc) is 3.33. The van der Waals surface area contributed by atoms with E-state index in [0.29, 0.717) is 28.8 Å². The van der Waals surface area contributed by atoms with E-state index in [2.05, 4.69) is 19.7 Å². The van der Waals surface area contributed by atoms with E-state index < -0.39 is 38.7 Å². The van der Waals surface area contributed by atoms with Gasteiger partial charge in [-0.1, -0.05) is 6.92 Å². The minimum atomic E-state index is -3.84. The first-order chi connectivity index (χ1) is 15.6. The van der Waals surface area contributed by atoms with Gasteiger partial charge in [0.05, 0.1) is 17.0 Å². The third kappa shape index (κ3) is 4.11. The highest BCUT2D eigenvalue weighted by Gasteiger charge is 2.26. The summed E-state index contributed by atoms with van der Waals surface area (Å²) < 4.78 is 57.7. The average molecular weight is 474 g/mol. The lowest BCUT2D eigenvalue weighted by Gasteiger charge is -2.11. The van der Waals surface area contributed by atoms with Crippen molar-refractivity contribution in [2.24, 2.45) is 7.05 Å². The number of carbonyl (C=O) groups excluding carboxylic acids is 1. The summed E-state index contributed by atoms with van der Waals surface area (Å²) in [6.07, 6.45) is 4.90. The molecule has 0 radical (unpaired) electrons. The molecule has 33 heavy (non-hydrogen) atoms. The molecule has 0 saturated heterocycles. The zero-order chi connectivity index (χ0) is 23.9. The van der Waals surface area contributed by atoms with Crippen molar-refractivity contribution in [1.29, 1.82) is 0 Å². The Bertz CT molecular complexity index is 1490. The summed E-state index contributed by atoms with van der Waals surface area (Å²) in [5, 5.41) is 0.355. The lowest BCUT2D eigenvalue weighted by atomic mass is 10.0. The number of aryl methyl sites for hydroxylation is 1. The summed E-state index contributed by atoms with van der Waals surface area (Å²) in [7, 11) is -2.00. The Morgan fingerprint density at radius 3 is 2.64 bits per heavy atom. The van der Waals surface area contributed by atoms with Gasteiger partial charge in [0, 0.05) is 47.8 Å². The molecule has 0 unspecified atom stereocenters. The van der Waals surface area contributed by atoms with Crippen molar-refractivity contribution in [2.45, 2.75) is 20.3 Å². The molecule has 0 fully saturated rings. The first-order valence-electron chi connectivity index (χ1n) is 10.1. The normalized spacial score (nSPS) is 11.8. The van der Waals surface area contributed by atoms with Gasteiger partial charge in [0.15, 0.2) is 5.82 Å². The maximum atomic E-state index is 15.1. The largest absolute Gasteiger partial charge is 0.345 e. The third-order valence-electron chi connectivity index (χ3n) is 5.31. The topological polar surface area (TPSA) is 110 Å². The molecule has 3 aromatic heterocycles. The summed E-state index contributed by atoms with van der Waals surface area (Å²) in [6.45, 7) is 3.54. The molecular weight excluding hydrogens is 452 g/mol. The molecule has 11 heteroatoms. The molecule has 0 amide bonds. The monoisotopic (exact) mass is 473 g/mol. The first kappa shape index (κ1) is 22.6. The SMILES string of the molecule is CCCS(=O)(=O)Nc1ccc(F)c(C(=O)c2c[nH]c3ncc(-c4ncc(C)n4C)cc23)c1F. The Kier molecular flexibility index (Phi) is 5.75. The fourth-order valence-electron chi connectivity index (χ4n) is 3.54. The number of aromatic amines is 1. The second-order valence-electron chi connectivity index (χ2n) is 7.64. The molecule has 0 atom stereocenters. The van der Waals surface area contributed by atoms with Crippen molar-refractivity contribution in [3.63, 3.8) is 0 Å². The van der Waals surface area contributed by atoms with Gasteiger partial charge in [-0.05, 0) is 31.5 Å². The number of benzene rings is 1. The number of nitrogens with one attached hydrogen (secondary N) is 2. The molecule has 0 aliphatic heterocycles. The van der Waals surface area contributed by atoms with Gasteiger partial charge in [0.2, 0.25) is 15.8 Å². The number of aromatic nitrogens is 4. The molecule has 0 aliphatic rings. The molecule has 0 bridgehead atoms. The van der Waals surface area contributed by atoms with E-state index >= 15 is 4.39 Å². The van der Waals surface area contributed by atoms with Crippen LogP contribution < -0.4 is 4.72 Å². The van der Waals surface area contributed by atoms with Crippen LogP contribution in [0, 0.1) is 18.6 Å². The molecule has 0 aliphatic carbocycles. The van der Waals surface area contributed by atoms with Gasteiger partial charge < -0.3 is 9.55 Å². The van der Waals surface area contributed by atoms with Gasteiger partial charge >= 0.3 is 0 Å². The van der Waals surface area contributed by atoms with Crippen LogP contribution in [0.1, 0.15) is 35.0 Å². The van der Waals surface area contributed by atoms with Crippen LogP contribution in [-0.4, -0.2) is 39.5 Å². The van der Waals surface area contributed by atoms with Crippen molar-refractivity contribution < 1.29 is 22.0 Å². The smallest absolute Gasteiger partial charge is 0.232 e. The highest BCUT2D eigenvalue weighted by Crippen LogP contribution is 2.29. The number of sulfonamides is 1. The Hall–Kier alpha value is -3.60. The van der Waals surface area contributed by atoms with Crippen LogP contribution in [0.4, 0.5) is 14.5 Å². The molecule has 1 aromatic carbocycles. The van der Waals surface area contributed by atoms with Crippen LogP contribution in [0.15, 0.2) is 36.8 Å². The number of hydrogen-bond donors (Lipinski definition) is 2. The fraction of sp³-hybridized carbons (Fsp3) is 0.227. The zero-order valence-electron chi connectivity index (χ0n) is 18.1. The Labute approximate surface area is 188 Å². The van der Waals surface area contributed by atoms with Crippen molar-refractivity contribution >= 4 is 32.5 Å². The summed E-state index contributed by atoms with van der Waals surface area (Å²) in [5.74, 6) is -2.95. The van der Waals surface area contributed by atoms with Crippen LogP contribution >= 0.6 is 0 Å². The number of imidazole rings is 1. The molecule has 4 rings (SSSR count). The molecular formula is C22H21F2N5O3S. The van der Waals surface area contributed by atoms with E-state index in [1.165, 1.54) is 6.20 Å². The Morgan fingerprint density at radius 1 is 1.21 bits per heavy atom. The molecule has 0 spiro atoms. The van der Waals surface area contributed by atoms with E-state index in [1.807, 2.05) is 18.5 Å². The lowest BCUT2D eigenvalue weighted by molar-refractivity contribution is 0.103. The van der Waals surface area contributed by atoms with Crippen LogP contribution in [0.3, 0.4) is 0 Å². The summed E-state index contributed by atoms with van der Waals surface area (Å²) in [5.41, 5.74) is 0.544. The van der Waals surface area contributed by atoms with Gasteiger partial charge in [0.1, 0.15) is 17.3 Å². The molecule has 0 saturated carbocycles. The number of carbonyl (C=O) groups is 1. The molecule has 2 N–H and O–H groups in total. The first-order valence-corrected chi connectivity index (χ1v) is 11.8.